The molecule has 14 heteroatoms. The van der Waals surface area contributed by atoms with Gasteiger partial charge in [0, 0.05) is 12.0 Å². The molecule has 2 aliphatic rings. The molecule has 4 nitrogen and oxygen atoms in total. The van der Waals surface area contributed by atoms with Crippen LogP contribution >= 0.6 is 0 Å². The SMILES string of the molecule is C=CC(=O)OC1C(F)(F)C(O)(C(F)(F)F)OC(C2CCCCC2)(C(F)(F)F)C1(F)F. The fraction of sp³-hybridized carbons (Fsp3) is 0.812. The molecule has 0 aromatic rings. The molecule has 0 aromatic heterocycles. The van der Waals surface area contributed by atoms with E-state index in [0.29, 0.717) is 0 Å². The highest BCUT2D eigenvalue weighted by Gasteiger charge is 2.92. The number of halogens is 10. The molecule has 0 radical (unpaired) electrons. The van der Waals surface area contributed by atoms with E-state index in [-0.39, 0.29) is 25.3 Å². The van der Waals surface area contributed by atoms with Gasteiger partial charge in [0.15, 0.2) is 0 Å². The standard InChI is InChI=1S/C16H16F10O4/c1-2-9(27)29-10-12(17,18)11(15(21,22)23,8-6-4-3-5-7-8)30-14(28,13(10,19)20)16(24,25)26/h2,8,10,28H,1,3-7H2. The highest BCUT2D eigenvalue weighted by atomic mass is 19.4. The lowest BCUT2D eigenvalue weighted by Gasteiger charge is -2.58. The maximum atomic E-state index is 15.1. The second-order valence-corrected chi connectivity index (χ2v) is 7.08. The average molecular weight is 462 g/mol. The van der Waals surface area contributed by atoms with E-state index in [1.807, 2.05) is 0 Å². The first-order valence-corrected chi connectivity index (χ1v) is 8.55. The molecule has 174 valence electrons. The molecule has 2 rings (SSSR count). The third kappa shape index (κ3) is 3.26. The summed E-state index contributed by atoms with van der Waals surface area (Å²) in [6.45, 7) is 2.68. The molecule has 1 saturated heterocycles. The van der Waals surface area contributed by atoms with Gasteiger partial charge in [0.05, 0.1) is 0 Å². The summed E-state index contributed by atoms with van der Waals surface area (Å²) in [4.78, 5) is 11.3. The first kappa shape index (κ1) is 24.7. The zero-order chi connectivity index (χ0) is 23.4. The minimum atomic E-state index is -6.67. The Balaban J connectivity index is 2.86. The molecule has 3 atom stereocenters. The Morgan fingerprint density at radius 1 is 0.967 bits per heavy atom. The fourth-order valence-corrected chi connectivity index (χ4v) is 3.87. The summed E-state index contributed by atoms with van der Waals surface area (Å²) >= 11 is 0. The summed E-state index contributed by atoms with van der Waals surface area (Å²) in [7, 11) is 0. The van der Waals surface area contributed by atoms with Gasteiger partial charge in [-0.15, -0.1) is 0 Å². The van der Waals surface area contributed by atoms with Crippen LogP contribution in [0.25, 0.3) is 0 Å². The monoisotopic (exact) mass is 462 g/mol. The van der Waals surface area contributed by atoms with Crippen LogP contribution in [0.3, 0.4) is 0 Å². The van der Waals surface area contributed by atoms with Crippen molar-refractivity contribution in [3.63, 3.8) is 0 Å². The predicted molar refractivity (Wildman–Crippen MR) is 77.4 cm³/mol. The van der Waals surface area contributed by atoms with Crippen molar-refractivity contribution < 1.29 is 63.3 Å². The number of esters is 1. The van der Waals surface area contributed by atoms with Gasteiger partial charge in [0.2, 0.25) is 11.7 Å². The molecule has 1 aliphatic carbocycles. The largest absolute Gasteiger partial charge is 0.449 e. The van der Waals surface area contributed by atoms with Gasteiger partial charge in [-0.3, -0.25) is 0 Å². The molecule has 1 aliphatic heterocycles. The van der Waals surface area contributed by atoms with Crippen molar-refractivity contribution in [1.82, 2.24) is 0 Å². The maximum Gasteiger partial charge on any atom is 0.449 e. The van der Waals surface area contributed by atoms with Gasteiger partial charge in [0.25, 0.3) is 0 Å². The summed E-state index contributed by atoms with van der Waals surface area (Å²) in [6, 6.07) is 0. The smallest absolute Gasteiger partial charge is 0.446 e. The summed E-state index contributed by atoms with van der Waals surface area (Å²) in [5.74, 6) is -22.7. The van der Waals surface area contributed by atoms with Crippen molar-refractivity contribution in [2.45, 2.75) is 73.8 Å². The lowest BCUT2D eigenvalue weighted by molar-refractivity contribution is -0.547. The molecule has 0 spiro atoms. The van der Waals surface area contributed by atoms with E-state index in [1.165, 1.54) is 0 Å². The topological polar surface area (TPSA) is 55.8 Å². The Kier molecular flexibility index (Phi) is 5.96. The van der Waals surface area contributed by atoms with E-state index in [0.717, 1.165) is 0 Å². The molecule has 0 amide bonds. The minimum Gasteiger partial charge on any atom is -0.446 e. The van der Waals surface area contributed by atoms with E-state index >= 15 is 8.78 Å². The van der Waals surface area contributed by atoms with Crippen LogP contribution in [-0.4, -0.2) is 52.8 Å². The summed E-state index contributed by atoms with van der Waals surface area (Å²) in [5.41, 5.74) is -5.21. The van der Waals surface area contributed by atoms with Gasteiger partial charge in [-0.05, 0) is 12.8 Å². The number of ether oxygens (including phenoxy) is 2. The molecule has 1 saturated carbocycles. The van der Waals surface area contributed by atoms with E-state index in [9.17, 15) is 45.0 Å². The first-order valence-electron chi connectivity index (χ1n) is 8.55. The molecule has 0 bridgehead atoms. The van der Waals surface area contributed by atoms with E-state index < -0.39 is 66.4 Å². The second-order valence-electron chi connectivity index (χ2n) is 7.08. The molecular formula is C16H16F10O4. The molecular weight excluding hydrogens is 446 g/mol. The number of rotatable bonds is 3. The zero-order valence-corrected chi connectivity index (χ0v) is 14.9. The van der Waals surface area contributed by atoms with Crippen molar-refractivity contribution in [2.75, 3.05) is 0 Å². The van der Waals surface area contributed by atoms with Crippen LogP contribution in [0.5, 0.6) is 0 Å². The molecule has 2 fully saturated rings. The predicted octanol–water partition coefficient (Wildman–Crippen LogP) is 4.52. The Morgan fingerprint density at radius 2 is 1.47 bits per heavy atom. The van der Waals surface area contributed by atoms with Crippen LogP contribution in [0.1, 0.15) is 32.1 Å². The van der Waals surface area contributed by atoms with E-state index in [1.54, 1.807) is 0 Å². The Morgan fingerprint density at radius 3 is 1.87 bits per heavy atom. The summed E-state index contributed by atoms with van der Waals surface area (Å²) in [5, 5.41) is 9.61. The first-order chi connectivity index (χ1) is 13.4. The number of hydrogen-bond donors (Lipinski definition) is 1. The third-order valence-corrected chi connectivity index (χ3v) is 5.30. The minimum absolute atomic E-state index is 0.00978. The summed E-state index contributed by atoms with van der Waals surface area (Å²) in [6.07, 6.45) is -19.2. The van der Waals surface area contributed by atoms with Crippen LogP contribution < -0.4 is 0 Å². The van der Waals surface area contributed by atoms with Gasteiger partial charge in [-0.25, -0.2) is 4.79 Å². The molecule has 0 aromatic carbocycles. The third-order valence-electron chi connectivity index (χ3n) is 5.30. The van der Waals surface area contributed by atoms with Gasteiger partial charge in [0.1, 0.15) is 0 Å². The molecule has 1 N–H and O–H groups in total. The number of hydrogen-bond acceptors (Lipinski definition) is 4. The van der Waals surface area contributed by atoms with Crippen molar-refractivity contribution in [3.8, 4) is 0 Å². The highest BCUT2D eigenvalue weighted by molar-refractivity contribution is 5.81. The van der Waals surface area contributed by atoms with Crippen molar-refractivity contribution in [2.24, 2.45) is 5.92 Å². The Bertz CT molecular complexity index is 682. The lowest BCUT2D eigenvalue weighted by atomic mass is 9.68. The van der Waals surface area contributed by atoms with Crippen molar-refractivity contribution in [1.29, 1.82) is 0 Å². The van der Waals surface area contributed by atoms with Gasteiger partial charge in [-0.2, -0.15) is 43.9 Å². The van der Waals surface area contributed by atoms with Gasteiger partial charge >= 0.3 is 36.0 Å². The highest BCUT2D eigenvalue weighted by Crippen LogP contribution is 2.65. The Labute approximate surface area is 162 Å². The fourth-order valence-electron chi connectivity index (χ4n) is 3.87. The van der Waals surface area contributed by atoms with Crippen molar-refractivity contribution >= 4 is 5.97 Å². The van der Waals surface area contributed by atoms with E-state index in [4.69, 9.17) is 0 Å². The van der Waals surface area contributed by atoms with Crippen molar-refractivity contribution in [3.05, 3.63) is 12.7 Å². The normalized spacial score (nSPS) is 35.0. The number of carbonyl (C=O) groups is 1. The number of carbonyl (C=O) groups excluding carboxylic acids is 1. The average Bonchev–Trinajstić information content (AvgIpc) is 2.60. The Hall–Kier alpha value is -1.57. The van der Waals surface area contributed by atoms with Gasteiger partial charge in [-0.1, -0.05) is 25.8 Å². The maximum absolute atomic E-state index is 15.1. The van der Waals surface area contributed by atoms with Crippen LogP contribution in [0.2, 0.25) is 0 Å². The quantitative estimate of drug-likeness (QED) is 0.381. The number of aliphatic hydroxyl groups is 1. The van der Waals surface area contributed by atoms with Crippen LogP contribution in [0.15, 0.2) is 12.7 Å². The van der Waals surface area contributed by atoms with E-state index in [2.05, 4.69) is 16.1 Å². The van der Waals surface area contributed by atoms with Crippen LogP contribution in [0.4, 0.5) is 43.9 Å². The zero-order valence-electron chi connectivity index (χ0n) is 14.9. The molecule has 3 unspecified atom stereocenters. The van der Waals surface area contributed by atoms with Crippen LogP contribution in [-0.2, 0) is 14.3 Å². The number of alkyl halides is 10. The summed E-state index contributed by atoms with van der Waals surface area (Å²) < 4.78 is 148. The van der Waals surface area contributed by atoms with Gasteiger partial charge < -0.3 is 14.6 Å². The molecule has 30 heavy (non-hydrogen) atoms. The lowest BCUT2D eigenvalue weighted by Crippen LogP contribution is -2.84. The second kappa shape index (κ2) is 7.24. The molecule has 1 heterocycles. The van der Waals surface area contributed by atoms with Crippen LogP contribution in [0, 0.1) is 5.92 Å².